The summed E-state index contributed by atoms with van der Waals surface area (Å²) in [7, 11) is 0. The van der Waals surface area contributed by atoms with E-state index >= 15 is 0 Å². The van der Waals surface area contributed by atoms with Crippen molar-refractivity contribution in [1.82, 2.24) is 9.88 Å². The Morgan fingerprint density at radius 3 is 2.77 bits per heavy atom. The monoisotopic (exact) mass is 438 g/mol. The molecule has 4 heterocycles. The summed E-state index contributed by atoms with van der Waals surface area (Å²) in [5, 5.41) is 1.16. The zero-order valence-electron chi connectivity index (χ0n) is 18.2. The molecule has 1 aromatic heterocycles. The van der Waals surface area contributed by atoms with E-state index in [0.717, 1.165) is 60.8 Å². The van der Waals surface area contributed by atoms with E-state index in [0.29, 0.717) is 12.6 Å². The predicted molar refractivity (Wildman–Crippen MR) is 126 cm³/mol. The Kier molecular flexibility index (Phi) is 6.05. The van der Waals surface area contributed by atoms with Crippen LogP contribution in [0.5, 0.6) is 5.75 Å². The van der Waals surface area contributed by atoms with E-state index in [4.69, 9.17) is 14.5 Å². The molecule has 0 aliphatic carbocycles. The van der Waals surface area contributed by atoms with Crippen LogP contribution in [0.4, 0.5) is 5.69 Å². The van der Waals surface area contributed by atoms with Crippen LogP contribution in [0.3, 0.4) is 0 Å². The van der Waals surface area contributed by atoms with Gasteiger partial charge in [-0.25, -0.2) is 0 Å². The second-order valence-electron chi connectivity index (χ2n) is 8.10. The van der Waals surface area contributed by atoms with E-state index in [1.165, 1.54) is 5.56 Å². The summed E-state index contributed by atoms with van der Waals surface area (Å²) in [6, 6.07) is 13.5. The molecule has 164 valence electrons. The van der Waals surface area contributed by atoms with Gasteiger partial charge < -0.3 is 19.3 Å². The minimum Gasteiger partial charge on any atom is -0.492 e. The number of pyridine rings is 1. The van der Waals surface area contributed by atoms with Gasteiger partial charge in [-0.2, -0.15) is 0 Å². The third-order valence-electron chi connectivity index (χ3n) is 6.31. The van der Waals surface area contributed by atoms with E-state index in [-0.39, 0.29) is 12.1 Å². The first-order valence-electron chi connectivity index (χ1n) is 11.3. The summed E-state index contributed by atoms with van der Waals surface area (Å²) in [5.74, 6) is 2.06. The van der Waals surface area contributed by atoms with Crippen molar-refractivity contribution in [3.63, 3.8) is 0 Å². The minimum atomic E-state index is 0.00163. The number of aromatic nitrogens is 1. The molecule has 0 radical (unpaired) electrons. The van der Waals surface area contributed by atoms with Crippen LogP contribution in [-0.4, -0.2) is 59.8 Å². The highest BCUT2D eigenvalue weighted by Crippen LogP contribution is 2.49. The highest BCUT2D eigenvalue weighted by Gasteiger charge is 2.45. The molecule has 0 amide bonds. The molecule has 1 aromatic carbocycles. The lowest BCUT2D eigenvalue weighted by Crippen LogP contribution is -2.37. The van der Waals surface area contributed by atoms with E-state index in [2.05, 4.69) is 52.0 Å². The van der Waals surface area contributed by atoms with Gasteiger partial charge in [0.25, 0.3) is 0 Å². The average molecular weight is 439 g/mol. The van der Waals surface area contributed by atoms with Gasteiger partial charge in [-0.3, -0.25) is 9.98 Å². The number of aliphatic imine (C=N–C) groups is 1. The van der Waals surface area contributed by atoms with Gasteiger partial charge in [-0.15, -0.1) is 0 Å². The Bertz CT molecular complexity index is 932. The highest BCUT2D eigenvalue weighted by atomic mass is 32.2. The van der Waals surface area contributed by atoms with Crippen molar-refractivity contribution in [1.29, 1.82) is 0 Å². The molecule has 3 atom stereocenters. The number of rotatable bonds is 6. The van der Waals surface area contributed by atoms with Gasteiger partial charge in [-0.1, -0.05) is 30.8 Å². The average Bonchev–Trinajstić information content (AvgIpc) is 3.39. The quantitative estimate of drug-likeness (QED) is 0.670. The number of fused-ring (bicyclic) bond motifs is 1. The van der Waals surface area contributed by atoms with Crippen molar-refractivity contribution in [3.8, 4) is 5.75 Å². The number of nitrogens with zero attached hydrogens (tertiary/aromatic N) is 4. The molecule has 0 saturated carbocycles. The second-order valence-corrected chi connectivity index (χ2v) is 9.08. The molecular formula is C24H30N4O2S. The normalized spacial score (nSPS) is 25.5. The first kappa shape index (κ1) is 20.6. The molecule has 6 nitrogen and oxygen atoms in total. The molecule has 0 bridgehead atoms. The Labute approximate surface area is 188 Å². The van der Waals surface area contributed by atoms with Crippen LogP contribution >= 0.6 is 11.8 Å². The molecule has 7 heteroatoms. The predicted octanol–water partition coefficient (Wildman–Crippen LogP) is 4.30. The van der Waals surface area contributed by atoms with E-state index in [9.17, 15) is 0 Å². The van der Waals surface area contributed by atoms with Gasteiger partial charge in [0.2, 0.25) is 0 Å². The number of benzene rings is 1. The van der Waals surface area contributed by atoms with Crippen LogP contribution in [0.15, 0.2) is 47.6 Å². The van der Waals surface area contributed by atoms with Crippen molar-refractivity contribution in [2.45, 2.75) is 38.4 Å². The maximum atomic E-state index is 6.14. The Morgan fingerprint density at radius 2 is 2.03 bits per heavy atom. The van der Waals surface area contributed by atoms with E-state index < -0.39 is 0 Å². The van der Waals surface area contributed by atoms with Crippen LogP contribution in [-0.2, 0) is 4.74 Å². The number of ether oxygens (including phenoxy) is 2. The van der Waals surface area contributed by atoms with Crippen LogP contribution in [0.1, 0.15) is 43.6 Å². The lowest BCUT2D eigenvalue weighted by atomic mass is 9.94. The lowest BCUT2D eigenvalue weighted by molar-refractivity contribution is 0.122. The molecule has 3 aliphatic rings. The maximum absolute atomic E-state index is 6.14. The fraction of sp³-hybridized carbons (Fsp3) is 0.500. The SMILES string of the molecule is CCOc1cc([C@@H]2[C@H](c3ccccn3)N=C3SC[C@H](CC)N32)ccc1N1CCOCC1. The highest BCUT2D eigenvalue weighted by molar-refractivity contribution is 8.14. The van der Waals surface area contributed by atoms with Gasteiger partial charge >= 0.3 is 0 Å². The summed E-state index contributed by atoms with van der Waals surface area (Å²) >= 11 is 1.88. The summed E-state index contributed by atoms with van der Waals surface area (Å²) in [6.07, 6.45) is 2.98. The van der Waals surface area contributed by atoms with Crippen molar-refractivity contribution in [2.75, 3.05) is 43.6 Å². The smallest absolute Gasteiger partial charge is 0.160 e. The van der Waals surface area contributed by atoms with Gasteiger partial charge in [0.1, 0.15) is 11.8 Å². The van der Waals surface area contributed by atoms with Crippen molar-refractivity contribution >= 4 is 22.6 Å². The summed E-state index contributed by atoms with van der Waals surface area (Å²) < 4.78 is 11.7. The largest absolute Gasteiger partial charge is 0.492 e. The van der Waals surface area contributed by atoms with Crippen LogP contribution < -0.4 is 9.64 Å². The molecule has 2 saturated heterocycles. The topological polar surface area (TPSA) is 50.2 Å². The molecule has 0 unspecified atom stereocenters. The Balaban J connectivity index is 1.54. The van der Waals surface area contributed by atoms with Crippen molar-refractivity contribution in [2.24, 2.45) is 4.99 Å². The fourth-order valence-electron chi connectivity index (χ4n) is 4.76. The van der Waals surface area contributed by atoms with Gasteiger partial charge in [0.15, 0.2) is 5.17 Å². The molecule has 3 aliphatic heterocycles. The Hall–Kier alpha value is -2.25. The zero-order chi connectivity index (χ0) is 21.2. The first-order valence-corrected chi connectivity index (χ1v) is 12.3. The second kappa shape index (κ2) is 9.09. The summed E-state index contributed by atoms with van der Waals surface area (Å²) in [4.78, 5) is 14.7. The summed E-state index contributed by atoms with van der Waals surface area (Å²) in [6.45, 7) is 8.28. The standard InChI is InChI=1S/C24H30N4O2S/c1-3-18-16-31-24-26-22(19-7-5-6-10-25-19)23(28(18)24)17-8-9-20(21(15-17)30-4-2)27-11-13-29-14-12-27/h5-10,15,18,22-23H,3-4,11-14,16H2,1-2H3/t18-,22-,23+/m0/s1. The number of morpholine rings is 1. The molecule has 2 aromatic rings. The number of anilines is 1. The number of thioether (sulfide) groups is 1. The maximum Gasteiger partial charge on any atom is 0.160 e. The number of hydrogen-bond donors (Lipinski definition) is 0. The molecule has 5 rings (SSSR count). The van der Waals surface area contributed by atoms with Gasteiger partial charge in [0, 0.05) is 31.1 Å². The third kappa shape index (κ3) is 3.89. The molecule has 2 fully saturated rings. The third-order valence-corrected chi connectivity index (χ3v) is 7.43. The summed E-state index contributed by atoms with van der Waals surface area (Å²) in [5.41, 5.74) is 3.43. The number of hydrogen-bond acceptors (Lipinski definition) is 7. The minimum absolute atomic E-state index is 0.00163. The molecule has 0 N–H and O–H groups in total. The van der Waals surface area contributed by atoms with E-state index in [1.54, 1.807) is 0 Å². The lowest BCUT2D eigenvalue weighted by Gasteiger charge is -2.34. The number of amidine groups is 1. The Morgan fingerprint density at radius 1 is 1.16 bits per heavy atom. The van der Waals surface area contributed by atoms with Gasteiger partial charge in [-0.05, 0) is 43.2 Å². The van der Waals surface area contributed by atoms with Gasteiger partial charge in [0.05, 0.1) is 37.2 Å². The molecular weight excluding hydrogens is 408 g/mol. The first-order chi connectivity index (χ1) is 15.3. The molecule has 0 spiro atoms. The van der Waals surface area contributed by atoms with E-state index in [1.807, 2.05) is 30.9 Å². The molecule has 31 heavy (non-hydrogen) atoms. The van der Waals surface area contributed by atoms with Crippen molar-refractivity contribution in [3.05, 3.63) is 53.9 Å². The van der Waals surface area contributed by atoms with Crippen molar-refractivity contribution < 1.29 is 9.47 Å². The van der Waals surface area contributed by atoms with Crippen LogP contribution in [0.2, 0.25) is 0 Å². The fourth-order valence-corrected chi connectivity index (χ4v) is 6.10. The van der Waals surface area contributed by atoms with Crippen LogP contribution in [0.25, 0.3) is 0 Å². The van der Waals surface area contributed by atoms with Crippen LogP contribution in [0, 0.1) is 0 Å². The zero-order valence-corrected chi connectivity index (χ0v) is 19.1.